The Morgan fingerprint density at radius 2 is 1.85 bits per heavy atom. The van der Waals surface area contributed by atoms with Gasteiger partial charge in [0.15, 0.2) is 17.3 Å². The third-order valence-electron chi connectivity index (χ3n) is 4.31. The van der Waals surface area contributed by atoms with Gasteiger partial charge in [-0.15, -0.1) is 12.4 Å². The number of allylic oxidation sites excluding steroid dienone is 1. The van der Waals surface area contributed by atoms with E-state index in [0.29, 0.717) is 19.8 Å². The smallest absolute Gasteiger partial charge is 0.231 e. The molecule has 0 fully saturated rings. The Morgan fingerprint density at radius 1 is 1.11 bits per heavy atom. The zero-order valence-corrected chi connectivity index (χ0v) is 16.1. The summed E-state index contributed by atoms with van der Waals surface area (Å²) in [4.78, 5) is 14.1. The zero-order chi connectivity index (χ0) is 18.4. The van der Waals surface area contributed by atoms with E-state index in [2.05, 4.69) is 4.90 Å². The summed E-state index contributed by atoms with van der Waals surface area (Å²) in [6.45, 7) is 1.87. The van der Waals surface area contributed by atoms with Crippen LogP contribution in [0.15, 0.2) is 48.5 Å². The van der Waals surface area contributed by atoms with Crippen molar-refractivity contribution in [2.24, 2.45) is 0 Å². The second-order valence-corrected chi connectivity index (χ2v) is 6.38. The number of nitrogens with zero attached hydrogens (tertiary/aromatic N) is 1. The van der Waals surface area contributed by atoms with Gasteiger partial charge in [0.1, 0.15) is 5.75 Å². The Balaban J connectivity index is 0.00000261. The van der Waals surface area contributed by atoms with Crippen molar-refractivity contribution in [2.75, 3.05) is 26.9 Å². The van der Waals surface area contributed by atoms with E-state index in [0.717, 1.165) is 30.0 Å². The first kappa shape index (κ1) is 20.8. The number of halogens is 1. The molecule has 3 rings (SSSR count). The molecule has 2 aromatic rings. The third kappa shape index (κ3) is 6.31. The molecule has 1 aliphatic rings. The standard InChI is InChI=1S/C21H23NO4.ClH/c1-22(12-10-17-5-9-20-21(14-17)26-15-25-20)13-11-19(24)8-4-16-2-6-18(23)7-3-16;/h2-9,14,23H,10-13,15H2,1H3;1H/b8-4+;. The van der Waals surface area contributed by atoms with Crippen LogP contribution in [0.5, 0.6) is 17.2 Å². The Bertz CT molecular complexity index is 789. The maximum Gasteiger partial charge on any atom is 0.231 e. The fourth-order valence-electron chi connectivity index (χ4n) is 2.69. The van der Waals surface area contributed by atoms with E-state index in [1.807, 2.05) is 25.2 Å². The molecule has 0 aliphatic carbocycles. The highest BCUT2D eigenvalue weighted by atomic mass is 35.5. The molecular weight excluding hydrogens is 366 g/mol. The summed E-state index contributed by atoms with van der Waals surface area (Å²) in [6.07, 6.45) is 4.74. The molecule has 1 N–H and O–H groups in total. The van der Waals surface area contributed by atoms with Crippen LogP contribution in [-0.2, 0) is 11.2 Å². The number of carbonyl (C=O) groups is 1. The Morgan fingerprint density at radius 3 is 2.63 bits per heavy atom. The molecule has 0 bridgehead atoms. The number of aromatic hydroxyl groups is 1. The van der Waals surface area contributed by atoms with Crippen LogP contribution >= 0.6 is 12.4 Å². The van der Waals surface area contributed by atoms with Crippen LogP contribution in [0, 0.1) is 0 Å². The van der Waals surface area contributed by atoms with Gasteiger partial charge < -0.3 is 19.5 Å². The SMILES string of the molecule is CN(CCC(=O)/C=C/c1ccc(O)cc1)CCc1ccc2c(c1)OCO2.Cl. The number of benzene rings is 2. The first-order valence-corrected chi connectivity index (χ1v) is 8.67. The van der Waals surface area contributed by atoms with Crippen LogP contribution in [0.25, 0.3) is 6.08 Å². The number of ketones is 1. The summed E-state index contributed by atoms with van der Waals surface area (Å²) >= 11 is 0. The van der Waals surface area contributed by atoms with Gasteiger partial charge in [-0.1, -0.05) is 24.3 Å². The highest BCUT2D eigenvalue weighted by molar-refractivity contribution is 5.93. The predicted octanol–water partition coefficient (Wildman–Crippen LogP) is 3.69. The molecule has 1 heterocycles. The number of likely N-dealkylation sites (N-methyl/N-ethyl adjacent to an activating group) is 1. The van der Waals surface area contributed by atoms with Crippen LogP contribution in [0.4, 0.5) is 0 Å². The van der Waals surface area contributed by atoms with Crippen molar-refractivity contribution >= 4 is 24.3 Å². The number of phenolic OH excluding ortho intramolecular Hbond substituents is 1. The molecule has 2 aromatic carbocycles. The van der Waals surface area contributed by atoms with Gasteiger partial charge in [-0.05, 0) is 54.9 Å². The molecular formula is C21H24ClNO4. The molecule has 0 saturated carbocycles. The Labute approximate surface area is 165 Å². The maximum atomic E-state index is 12.0. The molecule has 0 aromatic heterocycles. The third-order valence-corrected chi connectivity index (χ3v) is 4.31. The van der Waals surface area contributed by atoms with Gasteiger partial charge in [0, 0.05) is 19.5 Å². The largest absolute Gasteiger partial charge is 0.508 e. The van der Waals surface area contributed by atoms with Crippen molar-refractivity contribution in [1.82, 2.24) is 4.90 Å². The van der Waals surface area contributed by atoms with Crippen molar-refractivity contribution in [3.8, 4) is 17.2 Å². The molecule has 0 amide bonds. The van der Waals surface area contributed by atoms with E-state index in [-0.39, 0.29) is 23.9 Å². The minimum atomic E-state index is 0. The molecule has 6 heteroatoms. The molecule has 5 nitrogen and oxygen atoms in total. The molecule has 0 saturated heterocycles. The average molecular weight is 390 g/mol. The lowest BCUT2D eigenvalue weighted by atomic mass is 10.1. The number of hydrogen-bond donors (Lipinski definition) is 1. The highest BCUT2D eigenvalue weighted by Crippen LogP contribution is 2.32. The maximum absolute atomic E-state index is 12.0. The average Bonchev–Trinajstić information content (AvgIpc) is 3.12. The summed E-state index contributed by atoms with van der Waals surface area (Å²) in [5.41, 5.74) is 2.09. The lowest BCUT2D eigenvalue weighted by molar-refractivity contribution is -0.114. The van der Waals surface area contributed by atoms with E-state index >= 15 is 0 Å². The fourth-order valence-corrected chi connectivity index (χ4v) is 2.69. The highest BCUT2D eigenvalue weighted by Gasteiger charge is 2.13. The Kier molecular flexibility index (Phi) is 7.70. The van der Waals surface area contributed by atoms with Crippen LogP contribution < -0.4 is 9.47 Å². The van der Waals surface area contributed by atoms with Gasteiger partial charge in [-0.2, -0.15) is 0 Å². The molecule has 1 aliphatic heterocycles. The number of phenols is 1. The summed E-state index contributed by atoms with van der Waals surface area (Å²) in [5.74, 6) is 1.92. The monoisotopic (exact) mass is 389 g/mol. The molecule has 0 radical (unpaired) electrons. The summed E-state index contributed by atoms with van der Waals surface area (Å²) in [5, 5.41) is 9.25. The predicted molar refractivity (Wildman–Crippen MR) is 108 cm³/mol. The van der Waals surface area contributed by atoms with Gasteiger partial charge in [0.2, 0.25) is 6.79 Å². The molecule has 0 atom stereocenters. The van der Waals surface area contributed by atoms with Crippen LogP contribution in [0.3, 0.4) is 0 Å². The van der Waals surface area contributed by atoms with Crippen molar-refractivity contribution < 1.29 is 19.4 Å². The normalized spacial score (nSPS) is 12.4. The van der Waals surface area contributed by atoms with Gasteiger partial charge in [-0.25, -0.2) is 0 Å². The molecule has 27 heavy (non-hydrogen) atoms. The van der Waals surface area contributed by atoms with Crippen LogP contribution in [0.2, 0.25) is 0 Å². The second kappa shape index (κ2) is 10.00. The van der Waals surface area contributed by atoms with Crippen molar-refractivity contribution in [1.29, 1.82) is 0 Å². The minimum Gasteiger partial charge on any atom is -0.508 e. The number of fused-ring (bicyclic) bond motifs is 1. The number of rotatable bonds is 8. The van der Waals surface area contributed by atoms with Gasteiger partial charge >= 0.3 is 0 Å². The van der Waals surface area contributed by atoms with E-state index in [9.17, 15) is 9.90 Å². The zero-order valence-electron chi connectivity index (χ0n) is 15.3. The van der Waals surface area contributed by atoms with Crippen molar-refractivity contribution in [3.63, 3.8) is 0 Å². The number of hydrogen-bond acceptors (Lipinski definition) is 5. The van der Waals surface area contributed by atoms with Crippen LogP contribution in [0.1, 0.15) is 17.5 Å². The molecule has 144 valence electrons. The first-order valence-electron chi connectivity index (χ1n) is 8.67. The fraction of sp³-hybridized carbons (Fsp3) is 0.286. The van der Waals surface area contributed by atoms with Crippen molar-refractivity contribution in [3.05, 3.63) is 59.7 Å². The summed E-state index contributed by atoms with van der Waals surface area (Å²) in [7, 11) is 2.02. The van der Waals surface area contributed by atoms with Gasteiger partial charge in [0.05, 0.1) is 0 Å². The number of carbonyl (C=O) groups excluding carboxylic acids is 1. The second-order valence-electron chi connectivity index (χ2n) is 6.38. The van der Waals surface area contributed by atoms with Gasteiger partial charge in [0.25, 0.3) is 0 Å². The lowest BCUT2D eigenvalue weighted by Crippen LogP contribution is -2.24. The van der Waals surface area contributed by atoms with E-state index in [1.165, 1.54) is 5.56 Å². The quantitative estimate of drug-likeness (QED) is 0.698. The van der Waals surface area contributed by atoms with Crippen molar-refractivity contribution in [2.45, 2.75) is 12.8 Å². The van der Waals surface area contributed by atoms with E-state index < -0.39 is 0 Å². The minimum absolute atomic E-state index is 0. The Hall–Kier alpha value is -2.50. The van der Waals surface area contributed by atoms with E-state index in [4.69, 9.17) is 9.47 Å². The molecule has 0 unspecified atom stereocenters. The van der Waals surface area contributed by atoms with E-state index in [1.54, 1.807) is 36.4 Å². The lowest BCUT2D eigenvalue weighted by Gasteiger charge is -2.15. The summed E-state index contributed by atoms with van der Waals surface area (Å²) in [6, 6.07) is 12.8. The number of ether oxygens (including phenoxy) is 2. The molecule has 0 spiro atoms. The van der Waals surface area contributed by atoms with Gasteiger partial charge in [-0.3, -0.25) is 4.79 Å². The topological polar surface area (TPSA) is 59.0 Å². The summed E-state index contributed by atoms with van der Waals surface area (Å²) < 4.78 is 10.7. The first-order chi connectivity index (χ1) is 12.6. The van der Waals surface area contributed by atoms with Crippen LogP contribution in [-0.4, -0.2) is 42.7 Å².